The van der Waals surface area contributed by atoms with Crippen LogP contribution in [0, 0.1) is 6.92 Å². The molecule has 29 heavy (non-hydrogen) atoms. The number of aryl methyl sites for hydroxylation is 1. The van der Waals surface area contributed by atoms with Crippen molar-refractivity contribution in [1.29, 1.82) is 0 Å². The van der Waals surface area contributed by atoms with Gasteiger partial charge in [-0.3, -0.25) is 14.3 Å². The third kappa shape index (κ3) is 3.77. The fourth-order valence-electron chi connectivity index (χ4n) is 3.21. The first kappa shape index (κ1) is 18.5. The van der Waals surface area contributed by atoms with Gasteiger partial charge >= 0.3 is 5.76 Å². The van der Waals surface area contributed by atoms with E-state index in [9.17, 15) is 9.59 Å². The first-order chi connectivity index (χ1) is 14.0. The first-order valence-corrected chi connectivity index (χ1v) is 9.14. The number of benzene rings is 1. The Labute approximate surface area is 166 Å². The van der Waals surface area contributed by atoms with Crippen LogP contribution in [-0.4, -0.2) is 25.4 Å². The number of oxazole rings is 1. The quantitative estimate of drug-likeness (QED) is 0.563. The van der Waals surface area contributed by atoms with Gasteiger partial charge in [0.2, 0.25) is 5.91 Å². The summed E-state index contributed by atoms with van der Waals surface area (Å²) >= 11 is 0. The van der Waals surface area contributed by atoms with Gasteiger partial charge in [0.05, 0.1) is 11.6 Å². The number of carbonyl (C=O) groups is 1. The summed E-state index contributed by atoms with van der Waals surface area (Å²) < 4.78 is 6.48. The van der Waals surface area contributed by atoms with Gasteiger partial charge in [0, 0.05) is 35.4 Å². The third-order valence-corrected chi connectivity index (χ3v) is 4.68. The topological polar surface area (TPSA) is 103 Å². The Balaban J connectivity index is 1.50. The molecular formula is C21H19N5O3. The van der Waals surface area contributed by atoms with Crippen molar-refractivity contribution in [3.63, 3.8) is 0 Å². The van der Waals surface area contributed by atoms with E-state index in [-0.39, 0.29) is 18.5 Å². The average molecular weight is 389 g/mol. The second kappa shape index (κ2) is 7.67. The molecule has 3 heterocycles. The van der Waals surface area contributed by atoms with E-state index in [0.717, 1.165) is 16.8 Å². The second-order valence-corrected chi connectivity index (χ2v) is 6.68. The molecule has 0 bridgehead atoms. The summed E-state index contributed by atoms with van der Waals surface area (Å²) in [6, 6.07) is 10.4. The molecule has 1 amide bonds. The lowest BCUT2D eigenvalue weighted by Gasteiger charge is -2.16. The van der Waals surface area contributed by atoms with Crippen molar-refractivity contribution < 1.29 is 9.21 Å². The van der Waals surface area contributed by atoms with E-state index in [0.29, 0.717) is 16.9 Å². The van der Waals surface area contributed by atoms with Crippen molar-refractivity contribution in [2.45, 2.75) is 26.4 Å². The monoisotopic (exact) mass is 389 g/mol. The minimum absolute atomic E-state index is 0.130. The Kier molecular flexibility index (Phi) is 4.90. The maximum absolute atomic E-state index is 12.5. The van der Waals surface area contributed by atoms with Crippen LogP contribution in [-0.2, 0) is 11.3 Å². The number of rotatable bonds is 5. The van der Waals surface area contributed by atoms with Gasteiger partial charge in [-0.25, -0.2) is 14.8 Å². The predicted molar refractivity (Wildman–Crippen MR) is 107 cm³/mol. The number of hydrogen-bond acceptors (Lipinski definition) is 6. The Morgan fingerprint density at radius 2 is 1.97 bits per heavy atom. The van der Waals surface area contributed by atoms with Crippen molar-refractivity contribution in [1.82, 2.24) is 24.8 Å². The number of amides is 1. The maximum Gasteiger partial charge on any atom is 0.420 e. The highest BCUT2D eigenvalue weighted by Gasteiger charge is 2.17. The summed E-state index contributed by atoms with van der Waals surface area (Å²) in [7, 11) is 0. The fourth-order valence-corrected chi connectivity index (χ4v) is 3.21. The number of pyridine rings is 1. The Morgan fingerprint density at radius 3 is 2.72 bits per heavy atom. The lowest BCUT2D eigenvalue weighted by atomic mass is 10.1. The van der Waals surface area contributed by atoms with Gasteiger partial charge in [-0.15, -0.1) is 0 Å². The zero-order valence-electron chi connectivity index (χ0n) is 16.0. The van der Waals surface area contributed by atoms with Gasteiger partial charge in [0.25, 0.3) is 0 Å². The lowest BCUT2D eigenvalue weighted by Crippen LogP contribution is -2.33. The smallest absolute Gasteiger partial charge is 0.408 e. The number of hydrogen-bond donors (Lipinski definition) is 1. The van der Waals surface area contributed by atoms with E-state index in [1.165, 1.54) is 4.57 Å². The van der Waals surface area contributed by atoms with E-state index in [1.807, 2.05) is 26.0 Å². The average Bonchev–Trinajstić information content (AvgIpc) is 3.03. The molecule has 8 heteroatoms. The minimum Gasteiger partial charge on any atom is -0.408 e. The molecular weight excluding hydrogens is 370 g/mol. The number of nitrogens with zero attached hydrogens (tertiary/aromatic N) is 4. The molecule has 0 aliphatic heterocycles. The summed E-state index contributed by atoms with van der Waals surface area (Å²) in [6.07, 6.45) is 5.08. The Bertz CT molecular complexity index is 1230. The van der Waals surface area contributed by atoms with Crippen molar-refractivity contribution >= 4 is 17.0 Å². The van der Waals surface area contributed by atoms with Gasteiger partial charge in [0.1, 0.15) is 6.54 Å². The molecule has 0 saturated heterocycles. The highest BCUT2D eigenvalue weighted by Crippen LogP contribution is 2.19. The largest absolute Gasteiger partial charge is 0.420 e. The molecule has 0 fully saturated rings. The van der Waals surface area contributed by atoms with Crippen LogP contribution in [0.3, 0.4) is 0 Å². The SMILES string of the molecule is Cc1nc(-c2ccncc2)ncc1[C@H](C)NC(=O)Cn1c(=O)oc2ccccc21. The van der Waals surface area contributed by atoms with Crippen LogP contribution in [0.4, 0.5) is 0 Å². The van der Waals surface area contributed by atoms with Crippen LogP contribution in [0.5, 0.6) is 0 Å². The van der Waals surface area contributed by atoms with Gasteiger partial charge in [-0.05, 0) is 38.1 Å². The molecule has 1 aromatic carbocycles. The molecule has 0 spiro atoms. The van der Waals surface area contributed by atoms with Crippen molar-refractivity contribution in [3.05, 3.63) is 76.8 Å². The molecule has 4 rings (SSSR count). The van der Waals surface area contributed by atoms with E-state index in [1.54, 1.807) is 42.9 Å². The molecule has 0 aliphatic rings. The molecule has 4 aromatic rings. The molecule has 146 valence electrons. The van der Waals surface area contributed by atoms with Crippen LogP contribution in [0.1, 0.15) is 24.2 Å². The number of carbonyl (C=O) groups excluding carboxylic acids is 1. The number of nitrogens with one attached hydrogen (secondary N) is 1. The van der Waals surface area contributed by atoms with Crippen LogP contribution in [0.25, 0.3) is 22.5 Å². The Morgan fingerprint density at radius 1 is 1.21 bits per heavy atom. The summed E-state index contributed by atoms with van der Waals surface area (Å²) in [6.45, 7) is 3.60. The van der Waals surface area contributed by atoms with Crippen molar-refractivity contribution in [2.75, 3.05) is 0 Å². The standard InChI is InChI=1S/C21H19N5O3/c1-13(16-11-23-20(25-14(16)2)15-7-9-22-10-8-15)24-19(27)12-26-17-5-3-4-6-18(17)29-21(26)28/h3-11,13H,12H2,1-2H3,(H,24,27)/t13-/m0/s1. The molecule has 1 N–H and O–H groups in total. The van der Waals surface area contributed by atoms with Crippen LogP contribution in [0.2, 0.25) is 0 Å². The number of fused-ring (bicyclic) bond motifs is 1. The Hall–Kier alpha value is -3.81. The van der Waals surface area contributed by atoms with Gasteiger partial charge in [-0.1, -0.05) is 12.1 Å². The molecule has 3 aromatic heterocycles. The van der Waals surface area contributed by atoms with E-state index >= 15 is 0 Å². The summed E-state index contributed by atoms with van der Waals surface area (Å²) in [5.74, 6) is -0.262. The molecule has 0 unspecified atom stereocenters. The van der Waals surface area contributed by atoms with E-state index in [4.69, 9.17) is 4.42 Å². The second-order valence-electron chi connectivity index (χ2n) is 6.68. The summed E-state index contributed by atoms with van der Waals surface area (Å²) in [5.41, 5.74) is 3.49. The highest BCUT2D eigenvalue weighted by atomic mass is 16.4. The predicted octanol–water partition coefficient (Wildman–Crippen LogP) is 2.63. The van der Waals surface area contributed by atoms with Crippen molar-refractivity contribution in [3.8, 4) is 11.4 Å². The molecule has 8 nitrogen and oxygen atoms in total. The minimum atomic E-state index is -0.560. The van der Waals surface area contributed by atoms with Crippen LogP contribution >= 0.6 is 0 Å². The van der Waals surface area contributed by atoms with Crippen LogP contribution < -0.4 is 11.1 Å². The van der Waals surface area contributed by atoms with E-state index < -0.39 is 5.76 Å². The normalized spacial score (nSPS) is 12.1. The van der Waals surface area contributed by atoms with Crippen molar-refractivity contribution in [2.24, 2.45) is 0 Å². The third-order valence-electron chi connectivity index (χ3n) is 4.68. The number of aromatic nitrogens is 4. The van der Waals surface area contributed by atoms with Gasteiger partial charge in [-0.2, -0.15) is 0 Å². The molecule has 0 saturated carbocycles. The van der Waals surface area contributed by atoms with Crippen LogP contribution in [0.15, 0.2) is 64.2 Å². The highest BCUT2D eigenvalue weighted by molar-refractivity contribution is 5.79. The van der Waals surface area contributed by atoms with Gasteiger partial charge < -0.3 is 9.73 Å². The zero-order chi connectivity index (χ0) is 20.4. The number of para-hydroxylation sites is 2. The molecule has 0 radical (unpaired) electrons. The molecule has 0 aliphatic carbocycles. The summed E-state index contributed by atoms with van der Waals surface area (Å²) in [5, 5.41) is 2.90. The maximum atomic E-state index is 12.5. The summed E-state index contributed by atoms with van der Waals surface area (Å²) in [4.78, 5) is 37.5. The van der Waals surface area contributed by atoms with Gasteiger partial charge in [0.15, 0.2) is 11.4 Å². The van der Waals surface area contributed by atoms with E-state index in [2.05, 4.69) is 20.3 Å². The molecule has 1 atom stereocenters. The first-order valence-electron chi connectivity index (χ1n) is 9.14. The lowest BCUT2D eigenvalue weighted by molar-refractivity contribution is -0.122. The fraction of sp³-hybridized carbons (Fsp3) is 0.190. The zero-order valence-corrected chi connectivity index (χ0v) is 16.0.